The van der Waals surface area contributed by atoms with E-state index in [9.17, 15) is 4.79 Å². The Kier molecular flexibility index (Phi) is 5.30. The summed E-state index contributed by atoms with van der Waals surface area (Å²) in [7, 11) is 1.56. The fraction of sp³-hybridized carbons (Fsp3) is 0.571. The Balaban J connectivity index is 2.67. The van der Waals surface area contributed by atoms with Crippen molar-refractivity contribution >= 4 is 5.97 Å². The van der Waals surface area contributed by atoms with E-state index in [2.05, 4.69) is 4.98 Å². The Morgan fingerprint density at radius 1 is 1.42 bits per heavy atom. The summed E-state index contributed by atoms with van der Waals surface area (Å²) in [4.78, 5) is 16.1. The predicted octanol–water partition coefficient (Wildman–Crippen LogP) is 1.55. The maximum Gasteiger partial charge on any atom is 0.311 e. The van der Waals surface area contributed by atoms with Gasteiger partial charge in [0.2, 0.25) is 5.88 Å². The molecule has 5 heteroatoms. The molecule has 0 fully saturated rings. The third-order valence-electron chi connectivity index (χ3n) is 2.51. The minimum atomic E-state index is -0.497. The Morgan fingerprint density at radius 2 is 2.11 bits per heavy atom. The normalized spacial score (nSPS) is 12.9. The number of nitrogens with two attached hydrogens (primary N) is 1. The van der Waals surface area contributed by atoms with Gasteiger partial charge in [0.25, 0.3) is 0 Å². The van der Waals surface area contributed by atoms with Crippen LogP contribution in [0, 0.1) is 5.92 Å². The van der Waals surface area contributed by atoms with E-state index in [1.807, 2.05) is 26.8 Å². The smallest absolute Gasteiger partial charge is 0.311 e. The van der Waals surface area contributed by atoms with Crippen LogP contribution in [0.5, 0.6) is 5.88 Å². The largest absolute Gasteiger partial charge is 0.481 e. The fourth-order valence-electron chi connectivity index (χ4n) is 1.58. The maximum absolute atomic E-state index is 12.0. The molecule has 0 aliphatic rings. The minimum Gasteiger partial charge on any atom is -0.481 e. The third kappa shape index (κ3) is 5.26. The van der Waals surface area contributed by atoms with Crippen molar-refractivity contribution < 1.29 is 14.3 Å². The van der Waals surface area contributed by atoms with Gasteiger partial charge in [-0.2, -0.15) is 0 Å². The van der Waals surface area contributed by atoms with Gasteiger partial charge in [-0.3, -0.25) is 4.79 Å². The molecular weight excluding hydrogens is 244 g/mol. The molecule has 1 aromatic rings. The van der Waals surface area contributed by atoms with Gasteiger partial charge >= 0.3 is 5.97 Å². The Labute approximate surface area is 114 Å². The zero-order valence-electron chi connectivity index (χ0n) is 12.0. The first kappa shape index (κ1) is 15.4. The number of esters is 1. The molecule has 0 radical (unpaired) electrons. The fourth-order valence-corrected chi connectivity index (χ4v) is 1.58. The van der Waals surface area contributed by atoms with Crippen LogP contribution in [0.25, 0.3) is 0 Å². The van der Waals surface area contributed by atoms with Crippen LogP contribution in [0.4, 0.5) is 0 Å². The molecule has 1 aromatic heterocycles. The number of pyridine rings is 1. The van der Waals surface area contributed by atoms with Crippen molar-refractivity contribution in [3.8, 4) is 5.88 Å². The van der Waals surface area contributed by atoms with E-state index in [1.54, 1.807) is 19.4 Å². The number of hydrogen-bond donors (Lipinski definition) is 1. The van der Waals surface area contributed by atoms with Crippen molar-refractivity contribution in [2.45, 2.75) is 32.8 Å². The lowest BCUT2D eigenvalue weighted by Gasteiger charge is -2.23. The summed E-state index contributed by atoms with van der Waals surface area (Å²) in [6, 6.07) is 3.64. The van der Waals surface area contributed by atoms with Crippen LogP contribution >= 0.6 is 0 Å². The van der Waals surface area contributed by atoms with E-state index in [0.717, 1.165) is 5.56 Å². The molecular formula is C14H22N2O3. The second kappa shape index (κ2) is 6.52. The van der Waals surface area contributed by atoms with Crippen molar-refractivity contribution in [3.63, 3.8) is 0 Å². The lowest BCUT2D eigenvalue weighted by Crippen LogP contribution is -2.33. The van der Waals surface area contributed by atoms with E-state index in [1.165, 1.54) is 0 Å². The van der Waals surface area contributed by atoms with Crippen molar-refractivity contribution in [2.24, 2.45) is 11.7 Å². The van der Waals surface area contributed by atoms with Crippen molar-refractivity contribution in [1.29, 1.82) is 0 Å². The van der Waals surface area contributed by atoms with E-state index in [4.69, 9.17) is 15.2 Å². The van der Waals surface area contributed by atoms with Gasteiger partial charge in [-0.25, -0.2) is 4.98 Å². The standard InChI is InChI=1S/C14H22N2O3/c1-14(2,3)19-13(17)11(8-15)7-10-5-6-12(18-4)16-9-10/h5-6,9,11H,7-8,15H2,1-4H3. The summed E-state index contributed by atoms with van der Waals surface area (Å²) in [5, 5.41) is 0. The molecule has 0 aliphatic carbocycles. The molecule has 0 spiro atoms. The van der Waals surface area contributed by atoms with Gasteiger partial charge < -0.3 is 15.2 Å². The van der Waals surface area contributed by atoms with Gasteiger partial charge in [0.05, 0.1) is 13.0 Å². The zero-order valence-corrected chi connectivity index (χ0v) is 12.0. The Hall–Kier alpha value is -1.62. The topological polar surface area (TPSA) is 74.4 Å². The number of carbonyl (C=O) groups excluding carboxylic acids is 1. The molecule has 1 heterocycles. The first-order valence-electron chi connectivity index (χ1n) is 6.27. The highest BCUT2D eigenvalue weighted by Gasteiger charge is 2.24. The number of ether oxygens (including phenoxy) is 2. The summed E-state index contributed by atoms with van der Waals surface area (Å²) < 4.78 is 10.3. The quantitative estimate of drug-likeness (QED) is 0.818. The molecule has 0 aromatic carbocycles. The molecule has 5 nitrogen and oxygen atoms in total. The number of rotatable bonds is 5. The van der Waals surface area contributed by atoms with Crippen molar-refractivity contribution in [3.05, 3.63) is 23.9 Å². The van der Waals surface area contributed by atoms with E-state index in [-0.39, 0.29) is 18.4 Å². The van der Waals surface area contributed by atoms with Gasteiger partial charge in [0, 0.05) is 18.8 Å². The highest BCUT2D eigenvalue weighted by Crippen LogP contribution is 2.15. The molecule has 1 unspecified atom stereocenters. The lowest BCUT2D eigenvalue weighted by molar-refractivity contribution is -0.159. The molecule has 1 atom stereocenters. The lowest BCUT2D eigenvalue weighted by atomic mass is 10.0. The number of carbonyl (C=O) groups is 1. The van der Waals surface area contributed by atoms with E-state index >= 15 is 0 Å². The van der Waals surface area contributed by atoms with Crippen LogP contribution in [0.3, 0.4) is 0 Å². The summed E-state index contributed by atoms with van der Waals surface area (Å²) in [6.07, 6.45) is 2.20. The third-order valence-corrected chi connectivity index (χ3v) is 2.51. The summed E-state index contributed by atoms with van der Waals surface area (Å²) in [5.74, 6) is -0.0782. The van der Waals surface area contributed by atoms with E-state index < -0.39 is 5.60 Å². The van der Waals surface area contributed by atoms with Crippen LogP contribution in [-0.2, 0) is 16.0 Å². The Morgan fingerprint density at radius 3 is 2.53 bits per heavy atom. The highest BCUT2D eigenvalue weighted by molar-refractivity contribution is 5.73. The summed E-state index contributed by atoms with van der Waals surface area (Å²) in [6.45, 7) is 5.77. The molecule has 2 N–H and O–H groups in total. The molecule has 0 aliphatic heterocycles. The first-order chi connectivity index (χ1) is 8.85. The molecule has 19 heavy (non-hydrogen) atoms. The van der Waals surface area contributed by atoms with Gasteiger partial charge in [-0.05, 0) is 32.8 Å². The molecule has 0 saturated heterocycles. The van der Waals surface area contributed by atoms with Gasteiger partial charge in [-0.1, -0.05) is 6.07 Å². The predicted molar refractivity (Wildman–Crippen MR) is 72.9 cm³/mol. The van der Waals surface area contributed by atoms with Gasteiger partial charge in [0.1, 0.15) is 5.60 Å². The van der Waals surface area contributed by atoms with Gasteiger partial charge in [0.15, 0.2) is 0 Å². The number of aromatic nitrogens is 1. The maximum atomic E-state index is 12.0. The second-order valence-electron chi connectivity index (χ2n) is 5.38. The molecule has 0 amide bonds. The highest BCUT2D eigenvalue weighted by atomic mass is 16.6. The van der Waals surface area contributed by atoms with Gasteiger partial charge in [-0.15, -0.1) is 0 Å². The summed E-state index contributed by atoms with van der Waals surface area (Å²) >= 11 is 0. The monoisotopic (exact) mass is 266 g/mol. The average molecular weight is 266 g/mol. The van der Waals surface area contributed by atoms with E-state index in [0.29, 0.717) is 12.3 Å². The SMILES string of the molecule is COc1ccc(CC(CN)C(=O)OC(C)(C)C)cn1. The minimum absolute atomic E-state index is 0.251. The van der Waals surface area contributed by atoms with Crippen LogP contribution in [-0.4, -0.2) is 30.2 Å². The number of methoxy groups -OCH3 is 1. The molecule has 0 saturated carbocycles. The molecule has 106 valence electrons. The molecule has 1 rings (SSSR count). The Bertz CT molecular complexity index is 410. The van der Waals surface area contributed by atoms with Crippen molar-refractivity contribution in [1.82, 2.24) is 4.98 Å². The average Bonchev–Trinajstić information content (AvgIpc) is 2.34. The second-order valence-corrected chi connectivity index (χ2v) is 5.38. The van der Waals surface area contributed by atoms with Crippen LogP contribution in [0.15, 0.2) is 18.3 Å². The summed E-state index contributed by atoms with van der Waals surface area (Å²) in [5.41, 5.74) is 6.09. The first-order valence-corrected chi connectivity index (χ1v) is 6.27. The zero-order chi connectivity index (χ0) is 14.5. The van der Waals surface area contributed by atoms with Crippen LogP contribution in [0.2, 0.25) is 0 Å². The van der Waals surface area contributed by atoms with Crippen molar-refractivity contribution in [2.75, 3.05) is 13.7 Å². The molecule has 0 bridgehead atoms. The number of hydrogen-bond acceptors (Lipinski definition) is 5. The van der Waals surface area contributed by atoms with Crippen LogP contribution in [0.1, 0.15) is 26.3 Å². The number of nitrogens with zero attached hydrogens (tertiary/aromatic N) is 1. The van der Waals surface area contributed by atoms with Crippen LogP contribution < -0.4 is 10.5 Å².